The summed E-state index contributed by atoms with van der Waals surface area (Å²) < 4.78 is 61.4. The van der Waals surface area contributed by atoms with Gasteiger partial charge in [0.2, 0.25) is 0 Å². The number of nitrogens with one attached hydrogen (secondary N) is 1. The summed E-state index contributed by atoms with van der Waals surface area (Å²) in [5.41, 5.74) is -0.931. The molecule has 25 heavy (non-hydrogen) atoms. The molecule has 0 bridgehead atoms. The van der Waals surface area contributed by atoms with Crippen molar-refractivity contribution in [3.05, 3.63) is 23.3 Å². The molecule has 0 aromatic carbocycles. The molecule has 2 rings (SSSR count). The highest BCUT2D eigenvalue weighted by Crippen LogP contribution is 2.27. The molecular formula is C14H19F3N4O3S. The summed E-state index contributed by atoms with van der Waals surface area (Å²) >= 11 is 0. The highest BCUT2D eigenvalue weighted by atomic mass is 32.2. The molecule has 11 heteroatoms. The molecule has 0 aliphatic carbocycles. The zero-order chi connectivity index (χ0) is 18.8. The smallest absolute Gasteiger partial charge is 0.331 e. The number of carbonyl (C=O) groups is 1. The Bertz CT molecular complexity index is 752. The van der Waals surface area contributed by atoms with Crippen LogP contribution < -0.4 is 5.32 Å². The number of sulfone groups is 1. The van der Waals surface area contributed by atoms with Gasteiger partial charge in [0.15, 0.2) is 9.84 Å². The van der Waals surface area contributed by atoms with Crippen LogP contribution in [-0.4, -0.2) is 53.4 Å². The van der Waals surface area contributed by atoms with Crippen LogP contribution in [0.25, 0.3) is 0 Å². The van der Waals surface area contributed by atoms with Gasteiger partial charge in [0.05, 0.1) is 18.1 Å². The number of halogens is 3. The van der Waals surface area contributed by atoms with Crippen LogP contribution in [0.4, 0.5) is 18.0 Å². The molecule has 1 atom stereocenters. The van der Waals surface area contributed by atoms with Gasteiger partial charge in [0.1, 0.15) is 11.5 Å². The number of nitrogens with zero attached hydrogens (tertiary/aromatic N) is 3. The lowest BCUT2D eigenvalue weighted by Gasteiger charge is -2.26. The fourth-order valence-electron chi connectivity index (χ4n) is 2.70. The Morgan fingerprint density at radius 3 is 2.60 bits per heavy atom. The summed E-state index contributed by atoms with van der Waals surface area (Å²) in [6, 6.07) is -0.157. The van der Waals surface area contributed by atoms with E-state index in [1.807, 2.05) is 0 Å². The third-order valence-corrected chi connectivity index (χ3v) is 5.59. The van der Waals surface area contributed by atoms with Crippen LogP contribution in [-0.2, 0) is 22.6 Å². The van der Waals surface area contributed by atoms with Crippen LogP contribution in [0.15, 0.2) is 6.07 Å². The van der Waals surface area contributed by atoms with Gasteiger partial charge < -0.3 is 10.2 Å². The van der Waals surface area contributed by atoms with E-state index in [0.29, 0.717) is 6.42 Å². The van der Waals surface area contributed by atoms with Gasteiger partial charge in [0.25, 0.3) is 0 Å². The van der Waals surface area contributed by atoms with E-state index in [0.717, 1.165) is 6.07 Å². The average Bonchev–Trinajstić information content (AvgIpc) is 2.84. The summed E-state index contributed by atoms with van der Waals surface area (Å²) in [5.74, 6) is -0.235. The van der Waals surface area contributed by atoms with E-state index in [4.69, 9.17) is 0 Å². The predicted octanol–water partition coefficient (Wildman–Crippen LogP) is 1.52. The van der Waals surface area contributed by atoms with Crippen molar-refractivity contribution in [2.24, 2.45) is 0 Å². The van der Waals surface area contributed by atoms with Crippen LogP contribution in [0.2, 0.25) is 0 Å². The zero-order valence-electron chi connectivity index (χ0n) is 13.8. The van der Waals surface area contributed by atoms with Crippen molar-refractivity contribution < 1.29 is 26.4 Å². The lowest BCUT2D eigenvalue weighted by atomic mass is 10.2. The average molecular weight is 380 g/mol. The van der Waals surface area contributed by atoms with E-state index in [1.54, 1.807) is 6.92 Å². The van der Waals surface area contributed by atoms with Crippen molar-refractivity contribution in [1.29, 1.82) is 0 Å². The molecule has 1 saturated heterocycles. The molecule has 1 fully saturated rings. The molecule has 0 radical (unpaired) electrons. The van der Waals surface area contributed by atoms with Gasteiger partial charge in [-0.05, 0) is 26.3 Å². The van der Waals surface area contributed by atoms with E-state index in [2.05, 4.69) is 15.3 Å². The maximum atomic E-state index is 12.8. The molecule has 0 unspecified atom stereocenters. The minimum absolute atomic E-state index is 0.0252. The molecule has 1 aromatic heterocycles. The highest BCUT2D eigenvalue weighted by molar-refractivity contribution is 7.91. The number of rotatable bonds is 4. The van der Waals surface area contributed by atoms with Gasteiger partial charge in [0, 0.05) is 18.3 Å². The fraction of sp³-hybridized carbons (Fsp3) is 0.643. The van der Waals surface area contributed by atoms with Crippen molar-refractivity contribution in [2.75, 3.05) is 18.1 Å². The Kier molecular flexibility index (Phi) is 5.55. The number of alkyl halides is 3. The number of amides is 2. The maximum Gasteiger partial charge on any atom is 0.433 e. The van der Waals surface area contributed by atoms with Gasteiger partial charge in [-0.25, -0.2) is 23.2 Å². The predicted molar refractivity (Wildman–Crippen MR) is 83.4 cm³/mol. The molecular weight excluding hydrogens is 361 g/mol. The SMILES string of the molecule is CCN(C(=O)NCc1nc(C)cc(C(F)(F)F)n1)[C@@H]1CCS(=O)(=O)C1. The zero-order valence-corrected chi connectivity index (χ0v) is 14.6. The first-order valence-electron chi connectivity index (χ1n) is 7.68. The lowest BCUT2D eigenvalue weighted by Crippen LogP contribution is -2.46. The largest absolute Gasteiger partial charge is 0.433 e. The van der Waals surface area contributed by atoms with Crippen LogP contribution >= 0.6 is 0 Å². The third-order valence-electron chi connectivity index (χ3n) is 3.84. The van der Waals surface area contributed by atoms with Crippen LogP contribution in [0, 0.1) is 6.92 Å². The number of aromatic nitrogens is 2. The first-order valence-corrected chi connectivity index (χ1v) is 9.50. The number of hydrogen-bond donors (Lipinski definition) is 1. The molecule has 1 aromatic rings. The van der Waals surface area contributed by atoms with Crippen molar-refractivity contribution in [3.8, 4) is 0 Å². The van der Waals surface area contributed by atoms with Crippen LogP contribution in [0.3, 0.4) is 0 Å². The monoisotopic (exact) mass is 380 g/mol. The summed E-state index contributed by atoms with van der Waals surface area (Å²) in [7, 11) is -3.15. The van der Waals surface area contributed by atoms with Gasteiger partial charge in [-0.1, -0.05) is 0 Å². The van der Waals surface area contributed by atoms with E-state index < -0.39 is 33.8 Å². The fourth-order valence-corrected chi connectivity index (χ4v) is 4.43. The van der Waals surface area contributed by atoms with Crippen LogP contribution in [0.5, 0.6) is 0 Å². The number of hydrogen-bond acceptors (Lipinski definition) is 5. The van der Waals surface area contributed by atoms with Gasteiger partial charge in [-0.2, -0.15) is 13.2 Å². The number of carbonyl (C=O) groups excluding carboxylic acids is 1. The second-order valence-electron chi connectivity index (χ2n) is 5.81. The Morgan fingerprint density at radius 2 is 2.08 bits per heavy atom. The quantitative estimate of drug-likeness (QED) is 0.855. The third kappa shape index (κ3) is 5.03. The van der Waals surface area contributed by atoms with Crippen molar-refractivity contribution >= 4 is 15.9 Å². The number of aryl methyl sites for hydroxylation is 1. The van der Waals surface area contributed by atoms with Crippen molar-refractivity contribution in [2.45, 2.75) is 39.0 Å². The standard InChI is InChI=1S/C14H19F3N4O3S/c1-3-21(10-4-5-25(23,24)8-10)13(22)18-7-12-19-9(2)6-11(20-12)14(15,16)17/h6,10H,3-5,7-8H2,1-2H3,(H,18,22)/t10-/m1/s1. The second-order valence-corrected chi connectivity index (χ2v) is 8.04. The topological polar surface area (TPSA) is 92.3 Å². The van der Waals surface area contributed by atoms with Crippen LogP contribution in [0.1, 0.15) is 30.6 Å². The summed E-state index contributed by atoms with van der Waals surface area (Å²) in [4.78, 5) is 20.9. The Hall–Kier alpha value is -1.91. The Morgan fingerprint density at radius 1 is 1.40 bits per heavy atom. The van der Waals surface area contributed by atoms with Gasteiger partial charge in [-0.3, -0.25) is 0 Å². The van der Waals surface area contributed by atoms with E-state index >= 15 is 0 Å². The molecule has 0 saturated carbocycles. The Labute approximate surface area is 143 Å². The summed E-state index contributed by atoms with van der Waals surface area (Å²) in [6.07, 6.45) is -4.25. The Balaban J connectivity index is 2.05. The second kappa shape index (κ2) is 7.14. The van der Waals surface area contributed by atoms with Crippen molar-refractivity contribution in [3.63, 3.8) is 0 Å². The molecule has 1 aliphatic heterocycles. The molecule has 2 heterocycles. The first kappa shape index (κ1) is 19.4. The van der Waals surface area contributed by atoms with Gasteiger partial charge >= 0.3 is 12.2 Å². The lowest BCUT2D eigenvalue weighted by molar-refractivity contribution is -0.141. The van der Waals surface area contributed by atoms with E-state index in [9.17, 15) is 26.4 Å². The molecule has 0 spiro atoms. The normalized spacial score (nSPS) is 19.6. The molecule has 2 amide bonds. The van der Waals surface area contributed by atoms with Crippen molar-refractivity contribution in [1.82, 2.24) is 20.2 Å². The minimum Gasteiger partial charge on any atom is -0.331 e. The summed E-state index contributed by atoms with van der Waals surface area (Å²) in [6.45, 7) is 3.12. The highest BCUT2D eigenvalue weighted by Gasteiger charge is 2.35. The molecule has 7 nitrogen and oxygen atoms in total. The summed E-state index contributed by atoms with van der Waals surface area (Å²) in [5, 5.41) is 2.46. The number of urea groups is 1. The van der Waals surface area contributed by atoms with E-state index in [-0.39, 0.29) is 36.1 Å². The first-order chi connectivity index (χ1) is 11.5. The maximum absolute atomic E-state index is 12.8. The molecule has 1 N–H and O–H groups in total. The molecule has 1 aliphatic rings. The molecule has 140 valence electrons. The minimum atomic E-state index is -4.60. The van der Waals surface area contributed by atoms with E-state index in [1.165, 1.54) is 11.8 Å². The van der Waals surface area contributed by atoms with Gasteiger partial charge in [-0.15, -0.1) is 0 Å².